The molecule has 0 radical (unpaired) electrons. The molecule has 0 aromatic heterocycles. The maximum atomic E-state index is 13.8. The number of rotatable bonds is 2. The summed E-state index contributed by atoms with van der Waals surface area (Å²) >= 11 is 5.70. The molecule has 1 unspecified atom stereocenters. The van der Waals surface area contributed by atoms with Crippen molar-refractivity contribution in [1.29, 1.82) is 0 Å². The maximum absolute atomic E-state index is 13.8. The molecule has 18 heavy (non-hydrogen) atoms. The monoisotopic (exact) mass is 264 g/mol. The highest BCUT2D eigenvalue weighted by Gasteiger charge is 2.16. The van der Waals surface area contributed by atoms with Crippen LogP contribution in [0.3, 0.4) is 0 Å². The molecule has 0 aliphatic carbocycles. The lowest BCUT2D eigenvalue weighted by Gasteiger charge is -2.15. The summed E-state index contributed by atoms with van der Waals surface area (Å²) in [5.41, 5.74) is 3.00. The van der Waals surface area contributed by atoms with E-state index >= 15 is 0 Å². The number of benzene rings is 2. The smallest absolute Gasteiger partial charge is 0.130 e. The molecule has 0 saturated carbocycles. The van der Waals surface area contributed by atoms with E-state index in [2.05, 4.69) is 0 Å². The molecule has 0 aliphatic rings. The van der Waals surface area contributed by atoms with Crippen LogP contribution >= 0.6 is 11.6 Å². The topological polar surface area (TPSA) is 20.2 Å². The van der Waals surface area contributed by atoms with Gasteiger partial charge in [0.25, 0.3) is 0 Å². The van der Waals surface area contributed by atoms with Crippen LogP contribution in [0.25, 0.3) is 0 Å². The Morgan fingerprint density at radius 2 is 1.72 bits per heavy atom. The molecule has 0 aliphatic heterocycles. The van der Waals surface area contributed by atoms with Crippen molar-refractivity contribution in [3.63, 3.8) is 0 Å². The van der Waals surface area contributed by atoms with Crippen LogP contribution in [0.2, 0.25) is 5.02 Å². The highest BCUT2D eigenvalue weighted by Crippen LogP contribution is 2.28. The van der Waals surface area contributed by atoms with Crippen LogP contribution in [-0.2, 0) is 0 Å². The first-order valence-corrected chi connectivity index (χ1v) is 6.07. The highest BCUT2D eigenvalue weighted by atomic mass is 35.5. The van der Waals surface area contributed by atoms with E-state index in [4.69, 9.17) is 11.6 Å². The zero-order valence-corrected chi connectivity index (χ0v) is 11.0. The fourth-order valence-electron chi connectivity index (χ4n) is 2.02. The second kappa shape index (κ2) is 5.09. The molecule has 1 N–H and O–H groups in total. The standard InChI is InChI=1S/C15H14ClFO/c1-9-3-5-12(10(2)7-9)15(18)13-6-4-11(16)8-14(13)17/h3-8,15,18H,1-2H3. The first kappa shape index (κ1) is 13.1. The van der Waals surface area contributed by atoms with Gasteiger partial charge in [-0.15, -0.1) is 0 Å². The second-order valence-corrected chi connectivity index (χ2v) is 4.86. The summed E-state index contributed by atoms with van der Waals surface area (Å²) in [6.45, 7) is 3.88. The molecule has 0 amide bonds. The van der Waals surface area contributed by atoms with Crippen molar-refractivity contribution in [2.75, 3.05) is 0 Å². The van der Waals surface area contributed by atoms with Crippen molar-refractivity contribution in [3.8, 4) is 0 Å². The summed E-state index contributed by atoms with van der Waals surface area (Å²) in [7, 11) is 0. The first-order chi connectivity index (χ1) is 8.49. The SMILES string of the molecule is Cc1ccc(C(O)c2ccc(Cl)cc2F)c(C)c1. The van der Waals surface area contributed by atoms with Crippen molar-refractivity contribution >= 4 is 11.6 Å². The number of aliphatic hydroxyl groups is 1. The van der Waals surface area contributed by atoms with Gasteiger partial charge < -0.3 is 5.11 Å². The minimum absolute atomic E-state index is 0.242. The van der Waals surface area contributed by atoms with E-state index in [1.165, 1.54) is 12.1 Å². The molecular formula is C15H14ClFO. The molecule has 0 heterocycles. The molecule has 2 aromatic rings. The number of halogens is 2. The largest absolute Gasteiger partial charge is 0.384 e. The minimum atomic E-state index is -0.970. The molecule has 0 saturated heterocycles. The maximum Gasteiger partial charge on any atom is 0.130 e. The van der Waals surface area contributed by atoms with E-state index in [0.717, 1.165) is 11.1 Å². The van der Waals surface area contributed by atoms with Crippen LogP contribution in [0.1, 0.15) is 28.4 Å². The van der Waals surface area contributed by atoms with E-state index in [1.54, 1.807) is 6.07 Å². The van der Waals surface area contributed by atoms with Crippen molar-refractivity contribution in [3.05, 3.63) is 69.5 Å². The number of hydrogen-bond donors (Lipinski definition) is 1. The minimum Gasteiger partial charge on any atom is -0.384 e. The Bertz CT molecular complexity index is 529. The van der Waals surface area contributed by atoms with Gasteiger partial charge in [0.15, 0.2) is 0 Å². The van der Waals surface area contributed by atoms with Crippen LogP contribution in [0, 0.1) is 19.7 Å². The zero-order valence-electron chi connectivity index (χ0n) is 10.2. The summed E-state index contributed by atoms with van der Waals surface area (Å²) < 4.78 is 13.8. The van der Waals surface area contributed by atoms with Crippen LogP contribution in [-0.4, -0.2) is 5.11 Å². The summed E-state index contributed by atoms with van der Waals surface area (Å²) in [6.07, 6.45) is -0.970. The third-order valence-corrected chi connectivity index (χ3v) is 3.21. The van der Waals surface area contributed by atoms with Gasteiger partial charge in [-0.25, -0.2) is 4.39 Å². The van der Waals surface area contributed by atoms with Gasteiger partial charge in [0.05, 0.1) is 0 Å². The molecule has 3 heteroatoms. The van der Waals surface area contributed by atoms with Gasteiger partial charge >= 0.3 is 0 Å². The van der Waals surface area contributed by atoms with Gasteiger partial charge in [-0.1, -0.05) is 41.4 Å². The molecule has 0 spiro atoms. The number of aliphatic hydroxyl groups excluding tert-OH is 1. The first-order valence-electron chi connectivity index (χ1n) is 5.69. The lowest BCUT2D eigenvalue weighted by molar-refractivity contribution is 0.214. The Kier molecular flexibility index (Phi) is 3.69. The molecule has 94 valence electrons. The summed E-state index contributed by atoms with van der Waals surface area (Å²) in [6, 6.07) is 9.99. The van der Waals surface area contributed by atoms with Gasteiger partial charge in [-0.05, 0) is 37.1 Å². The second-order valence-electron chi connectivity index (χ2n) is 4.43. The summed E-state index contributed by atoms with van der Waals surface area (Å²) in [4.78, 5) is 0. The fourth-order valence-corrected chi connectivity index (χ4v) is 2.18. The molecule has 2 rings (SSSR count). The van der Waals surface area contributed by atoms with E-state index in [1.807, 2.05) is 32.0 Å². The predicted molar refractivity (Wildman–Crippen MR) is 71.4 cm³/mol. The van der Waals surface area contributed by atoms with Crippen molar-refractivity contribution in [2.45, 2.75) is 20.0 Å². The Morgan fingerprint density at radius 1 is 1.06 bits per heavy atom. The van der Waals surface area contributed by atoms with Crippen LogP contribution in [0.5, 0.6) is 0 Å². The van der Waals surface area contributed by atoms with E-state index in [-0.39, 0.29) is 5.56 Å². The van der Waals surface area contributed by atoms with Gasteiger partial charge in [0.2, 0.25) is 0 Å². The third-order valence-electron chi connectivity index (χ3n) is 2.98. The lowest BCUT2D eigenvalue weighted by Crippen LogP contribution is -2.04. The van der Waals surface area contributed by atoms with E-state index < -0.39 is 11.9 Å². The van der Waals surface area contributed by atoms with Crippen LogP contribution in [0.15, 0.2) is 36.4 Å². The summed E-state index contributed by atoms with van der Waals surface area (Å²) in [5, 5.41) is 10.6. The van der Waals surface area contributed by atoms with Crippen molar-refractivity contribution < 1.29 is 9.50 Å². The van der Waals surface area contributed by atoms with Gasteiger partial charge in [0.1, 0.15) is 11.9 Å². The fraction of sp³-hybridized carbons (Fsp3) is 0.200. The highest BCUT2D eigenvalue weighted by molar-refractivity contribution is 6.30. The Hall–Kier alpha value is -1.38. The quantitative estimate of drug-likeness (QED) is 0.863. The number of aryl methyl sites for hydroxylation is 2. The lowest BCUT2D eigenvalue weighted by atomic mass is 9.96. The van der Waals surface area contributed by atoms with Gasteiger partial charge in [-0.2, -0.15) is 0 Å². The molecule has 0 bridgehead atoms. The van der Waals surface area contributed by atoms with Gasteiger partial charge in [0, 0.05) is 10.6 Å². The molecule has 2 aromatic carbocycles. The summed E-state index contributed by atoms with van der Waals surface area (Å²) in [5.74, 6) is -0.491. The van der Waals surface area contributed by atoms with E-state index in [9.17, 15) is 9.50 Å². The number of hydrogen-bond acceptors (Lipinski definition) is 1. The van der Waals surface area contributed by atoms with E-state index in [0.29, 0.717) is 10.6 Å². The van der Waals surface area contributed by atoms with Crippen molar-refractivity contribution in [1.82, 2.24) is 0 Å². The Balaban J connectivity index is 2.44. The molecule has 1 atom stereocenters. The van der Waals surface area contributed by atoms with Crippen LogP contribution < -0.4 is 0 Å². The zero-order chi connectivity index (χ0) is 13.3. The van der Waals surface area contributed by atoms with Crippen molar-refractivity contribution in [2.24, 2.45) is 0 Å². The van der Waals surface area contributed by atoms with Crippen LogP contribution in [0.4, 0.5) is 4.39 Å². The predicted octanol–water partition coefficient (Wildman–Crippen LogP) is 4.18. The Morgan fingerprint density at radius 3 is 2.33 bits per heavy atom. The van der Waals surface area contributed by atoms with Gasteiger partial charge in [-0.3, -0.25) is 0 Å². The third kappa shape index (κ3) is 2.55. The molecule has 1 nitrogen and oxygen atoms in total. The average Bonchev–Trinajstić information content (AvgIpc) is 2.28. The normalized spacial score (nSPS) is 12.5. The average molecular weight is 265 g/mol. The molecule has 0 fully saturated rings. The molecular weight excluding hydrogens is 251 g/mol. The Labute approximate surface area is 111 Å².